The summed E-state index contributed by atoms with van der Waals surface area (Å²) in [4.78, 5) is 25.5. The van der Waals surface area contributed by atoms with Crippen molar-refractivity contribution in [3.63, 3.8) is 0 Å². The van der Waals surface area contributed by atoms with Crippen LogP contribution in [-0.2, 0) is 18.4 Å². The standard InChI is InChI=1S/C55H111N2O6P/c1-6-8-10-12-14-16-18-20-21-22-23-24-25-26-27-28-29-30-31-32-33-34-35-37-39-41-43-45-47-49-55(59)56-53(52-63-64(60,61)62-51-50-57(3,4)5)54(58)48-46-44-42-40-38-36-19-17-15-13-11-9-7-2/h22-23,53-54,58H,6-21,24-52H2,1-5H3,(H-,56,59,60,61)/b23-22-. The molecule has 0 radical (unpaired) electrons. The maximum absolute atomic E-state index is 12.9. The van der Waals surface area contributed by atoms with E-state index in [9.17, 15) is 19.4 Å². The number of amides is 1. The first-order chi connectivity index (χ1) is 31.0. The number of hydrogen-bond acceptors (Lipinski definition) is 6. The molecular weight excluding hydrogens is 816 g/mol. The summed E-state index contributed by atoms with van der Waals surface area (Å²) in [6, 6.07) is -0.796. The lowest BCUT2D eigenvalue weighted by Gasteiger charge is -2.30. The van der Waals surface area contributed by atoms with E-state index in [0.717, 1.165) is 38.5 Å². The highest BCUT2D eigenvalue weighted by Crippen LogP contribution is 2.38. The number of rotatable bonds is 52. The molecule has 0 aromatic rings. The number of unbranched alkanes of at least 4 members (excludes halogenated alkanes) is 37. The van der Waals surface area contributed by atoms with E-state index in [2.05, 4.69) is 31.3 Å². The molecule has 0 saturated heterocycles. The van der Waals surface area contributed by atoms with Crippen LogP contribution in [0.2, 0.25) is 0 Å². The molecule has 0 saturated carbocycles. The normalized spacial score (nSPS) is 14.0. The molecule has 382 valence electrons. The van der Waals surface area contributed by atoms with Gasteiger partial charge in [-0.05, 0) is 38.5 Å². The number of carbonyl (C=O) groups excluding carboxylic acids is 1. The van der Waals surface area contributed by atoms with Crippen molar-refractivity contribution in [1.29, 1.82) is 0 Å². The van der Waals surface area contributed by atoms with Gasteiger partial charge in [0, 0.05) is 6.42 Å². The molecule has 0 aromatic heterocycles. The number of phosphoric ester groups is 1. The number of nitrogens with zero attached hydrogens (tertiary/aromatic N) is 1. The van der Waals surface area contributed by atoms with Crippen molar-refractivity contribution in [1.82, 2.24) is 5.32 Å². The summed E-state index contributed by atoms with van der Waals surface area (Å²) in [5, 5.41) is 14.0. The molecule has 0 heterocycles. The van der Waals surface area contributed by atoms with Gasteiger partial charge in [-0.2, -0.15) is 0 Å². The van der Waals surface area contributed by atoms with Crippen LogP contribution in [0.4, 0.5) is 0 Å². The topological polar surface area (TPSA) is 108 Å². The Labute approximate surface area is 399 Å². The molecule has 2 N–H and O–H groups in total. The Morgan fingerprint density at radius 2 is 0.859 bits per heavy atom. The molecule has 0 aromatic carbocycles. The van der Waals surface area contributed by atoms with E-state index in [0.29, 0.717) is 23.9 Å². The number of likely N-dealkylation sites (N-methyl/N-ethyl adjacent to an activating group) is 1. The van der Waals surface area contributed by atoms with Crippen LogP contribution in [0.25, 0.3) is 0 Å². The summed E-state index contributed by atoms with van der Waals surface area (Å²) in [5.74, 6) is -0.160. The molecule has 0 aliphatic heterocycles. The highest BCUT2D eigenvalue weighted by atomic mass is 31.2. The van der Waals surface area contributed by atoms with Gasteiger partial charge in [-0.25, -0.2) is 0 Å². The first kappa shape index (κ1) is 63.2. The predicted octanol–water partition coefficient (Wildman–Crippen LogP) is 16.0. The smallest absolute Gasteiger partial charge is 0.268 e. The molecule has 0 aliphatic carbocycles. The van der Waals surface area contributed by atoms with Crippen molar-refractivity contribution >= 4 is 13.7 Å². The van der Waals surface area contributed by atoms with E-state index in [-0.39, 0.29) is 19.1 Å². The lowest BCUT2D eigenvalue weighted by molar-refractivity contribution is -0.870. The number of aliphatic hydroxyl groups is 1. The second-order valence-electron chi connectivity index (χ2n) is 20.6. The van der Waals surface area contributed by atoms with Gasteiger partial charge in [-0.3, -0.25) is 9.36 Å². The maximum atomic E-state index is 12.9. The molecule has 0 spiro atoms. The van der Waals surface area contributed by atoms with E-state index in [4.69, 9.17) is 9.05 Å². The van der Waals surface area contributed by atoms with Crippen molar-refractivity contribution in [3.8, 4) is 0 Å². The third kappa shape index (κ3) is 49.2. The molecule has 9 heteroatoms. The fourth-order valence-corrected chi connectivity index (χ4v) is 9.29. The number of hydrogen-bond donors (Lipinski definition) is 2. The first-order valence-electron chi connectivity index (χ1n) is 28.0. The molecule has 0 rings (SSSR count). The van der Waals surface area contributed by atoms with Crippen molar-refractivity contribution in [2.45, 2.75) is 296 Å². The van der Waals surface area contributed by atoms with Crippen LogP contribution in [0.5, 0.6) is 0 Å². The molecule has 0 fully saturated rings. The molecule has 8 nitrogen and oxygen atoms in total. The lowest BCUT2D eigenvalue weighted by Crippen LogP contribution is -2.46. The van der Waals surface area contributed by atoms with Gasteiger partial charge in [0.15, 0.2) is 0 Å². The predicted molar refractivity (Wildman–Crippen MR) is 275 cm³/mol. The monoisotopic (exact) mass is 927 g/mol. The Kier molecular flexibility index (Phi) is 46.8. The molecular formula is C55H111N2O6P. The Hall–Kier alpha value is -0.760. The minimum Gasteiger partial charge on any atom is -0.756 e. The van der Waals surface area contributed by atoms with E-state index in [1.54, 1.807) is 0 Å². The number of phosphoric acid groups is 1. The van der Waals surface area contributed by atoms with Crippen LogP contribution in [-0.4, -0.2) is 68.5 Å². The Morgan fingerprint density at radius 3 is 1.22 bits per heavy atom. The third-order valence-electron chi connectivity index (χ3n) is 13.0. The zero-order valence-corrected chi connectivity index (χ0v) is 44.4. The van der Waals surface area contributed by atoms with Gasteiger partial charge in [0.2, 0.25) is 5.91 Å². The van der Waals surface area contributed by atoms with Gasteiger partial charge >= 0.3 is 0 Å². The minimum absolute atomic E-state index is 0.0151. The quantitative estimate of drug-likeness (QED) is 0.0272. The van der Waals surface area contributed by atoms with Crippen LogP contribution in [0.3, 0.4) is 0 Å². The van der Waals surface area contributed by atoms with Crippen LogP contribution in [0.15, 0.2) is 12.2 Å². The van der Waals surface area contributed by atoms with Gasteiger partial charge in [-0.1, -0.05) is 251 Å². The number of aliphatic hydroxyl groups excluding tert-OH is 1. The number of carbonyl (C=O) groups is 1. The molecule has 3 atom stereocenters. The summed E-state index contributed by atoms with van der Waals surface area (Å²) in [6.45, 7) is 4.75. The molecule has 0 aliphatic rings. The summed E-state index contributed by atoms with van der Waals surface area (Å²) < 4.78 is 23.4. The Bertz CT molecular complexity index is 1050. The Morgan fingerprint density at radius 1 is 0.531 bits per heavy atom. The van der Waals surface area contributed by atoms with E-state index >= 15 is 0 Å². The molecule has 1 amide bonds. The number of quaternary nitrogens is 1. The van der Waals surface area contributed by atoms with Crippen LogP contribution >= 0.6 is 7.82 Å². The van der Waals surface area contributed by atoms with Crippen LogP contribution < -0.4 is 10.2 Å². The minimum atomic E-state index is -4.56. The average Bonchev–Trinajstić information content (AvgIpc) is 3.25. The molecule has 64 heavy (non-hydrogen) atoms. The highest BCUT2D eigenvalue weighted by molar-refractivity contribution is 7.45. The lowest BCUT2D eigenvalue weighted by atomic mass is 10.0. The van der Waals surface area contributed by atoms with E-state index in [1.807, 2.05) is 21.1 Å². The molecule has 0 bridgehead atoms. The van der Waals surface area contributed by atoms with Gasteiger partial charge in [0.25, 0.3) is 7.82 Å². The summed E-state index contributed by atoms with van der Waals surface area (Å²) in [6.07, 6.45) is 56.7. The van der Waals surface area contributed by atoms with Gasteiger partial charge in [-0.15, -0.1) is 0 Å². The molecule has 3 unspecified atom stereocenters. The second kappa shape index (κ2) is 47.3. The fraction of sp³-hybridized carbons (Fsp3) is 0.945. The van der Waals surface area contributed by atoms with E-state index in [1.165, 1.54) is 218 Å². The van der Waals surface area contributed by atoms with Crippen molar-refractivity contribution in [3.05, 3.63) is 12.2 Å². The van der Waals surface area contributed by atoms with Crippen LogP contribution in [0.1, 0.15) is 284 Å². The van der Waals surface area contributed by atoms with Gasteiger partial charge in [0.05, 0.1) is 39.9 Å². The van der Waals surface area contributed by atoms with Crippen molar-refractivity contribution < 1.29 is 32.9 Å². The average molecular weight is 927 g/mol. The zero-order valence-electron chi connectivity index (χ0n) is 43.5. The Balaban J connectivity index is 4.02. The largest absolute Gasteiger partial charge is 0.756 e. The first-order valence-corrected chi connectivity index (χ1v) is 29.5. The van der Waals surface area contributed by atoms with Crippen molar-refractivity contribution in [2.75, 3.05) is 40.9 Å². The number of nitrogens with one attached hydrogen (secondary N) is 1. The summed E-state index contributed by atoms with van der Waals surface area (Å²) >= 11 is 0. The maximum Gasteiger partial charge on any atom is 0.268 e. The summed E-state index contributed by atoms with van der Waals surface area (Å²) in [7, 11) is 1.32. The summed E-state index contributed by atoms with van der Waals surface area (Å²) in [5.41, 5.74) is 0. The highest BCUT2D eigenvalue weighted by Gasteiger charge is 2.24. The van der Waals surface area contributed by atoms with Gasteiger partial charge < -0.3 is 28.8 Å². The fourth-order valence-electron chi connectivity index (χ4n) is 8.57. The third-order valence-corrected chi connectivity index (χ3v) is 14.0. The van der Waals surface area contributed by atoms with Crippen molar-refractivity contribution in [2.24, 2.45) is 0 Å². The van der Waals surface area contributed by atoms with E-state index < -0.39 is 20.0 Å². The second-order valence-corrected chi connectivity index (χ2v) is 22.1. The van der Waals surface area contributed by atoms with Gasteiger partial charge in [0.1, 0.15) is 13.2 Å². The SMILES string of the molecule is CCCCCCCCCC/C=C\CCCCCCCCCCCCCCCCCCCC(=O)NC(COP(=O)([O-])OCC[N+](C)(C)C)C(O)CCCCCCCCCCCCCCC. The van der Waals surface area contributed by atoms with Crippen LogP contribution in [0, 0.1) is 0 Å². The number of allylic oxidation sites excluding steroid dienone is 2. The zero-order chi connectivity index (χ0) is 47.1.